The van der Waals surface area contributed by atoms with Crippen molar-refractivity contribution in [1.29, 1.82) is 0 Å². The normalized spacial score (nSPS) is 8.71. The first-order valence-electron chi connectivity index (χ1n) is 4.52. The first-order chi connectivity index (χ1) is 6.76. The maximum Gasteiger partial charge on any atom is 0.0283 e. The Balaban J connectivity index is 0.000000791. The molecule has 0 spiro atoms. The molecule has 0 heterocycles. The van der Waals surface area contributed by atoms with E-state index in [1.54, 1.807) is 0 Å². The van der Waals surface area contributed by atoms with Crippen LogP contribution in [0.2, 0.25) is 0 Å². The molecule has 14 heavy (non-hydrogen) atoms. The monoisotopic (exact) mass is 252 g/mol. The van der Waals surface area contributed by atoms with Crippen LogP contribution >= 0.6 is 15.9 Å². The zero-order valence-electron chi connectivity index (χ0n) is 8.72. The Hall–Kier alpha value is -0.820. The van der Waals surface area contributed by atoms with E-state index in [0.29, 0.717) is 0 Å². The predicted molar refractivity (Wildman–Crippen MR) is 69.0 cm³/mol. The fraction of sp³-hybridized carbons (Fsp3) is 0.231. The van der Waals surface area contributed by atoms with E-state index in [1.165, 1.54) is 16.7 Å². The quantitative estimate of drug-likeness (QED) is 0.552. The number of hydrogen-bond acceptors (Lipinski definition) is 0. The van der Waals surface area contributed by atoms with Crippen LogP contribution in [0.1, 0.15) is 16.7 Å². The van der Waals surface area contributed by atoms with E-state index in [0.717, 1.165) is 11.8 Å². The van der Waals surface area contributed by atoms with Crippen LogP contribution in [0, 0.1) is 6.92 Å². The smallest absolute Gasteiger partial charge is 0.0283 e. The number of aryl methyl sites for hydroxylation is 1. The zero-order valence-corrected chi connectivity index (χ0v) is 10.3. The largest absolute Gasteiger partial charge is 0.106 e. The molecule has 0 unspecified atom stereocenters. The van der Waals surface area contributed by atoms with E-state index in [4.69, 9.17) is 0 Å². The fourth-order valence-corrected chi connectivity index (χ4v) is 1.63. The topological polar surface area (TPSA) is 0 Å². The Labute approximate surface area is 95.5 Å². The van der Waals surface area contributed by atoms with Crippen LogP contribution in [0.5, 0.6) is 0 Å². The molecule has 0 aromatic heterocycles. The second-order valence-electron chi connectivity index (χ2n) is 2.95. The van der Waals surface area contributed by atoms with Crippen LogP contribution in [0.3, 0.4) is 0 Å². The van der Waals surface area contributed by atoms with E-state index in [-0.39, 0.29) is 0 Å². The number of allylic oxidation sites excluding steroid dienone is 1. The SMILES string of the molecule is C=C.C=CCc1cc(C)cc(CBr)c1. The number of rotatable bonds is 3. The number of benzene rings is 1. The van der Waals surface area contributed by atoms with Crippen molar-refractivity contribution in [2.75, 3.05) is 0 Å². The van der Waals surface area contributed by atoms with Crippen LogP contribution in [0.4, 0.5) is 0 Å². The van der Waals surface area contributed by atoms with Crippen molar-refractivity contribution in [1.82, 2.24) is 0 Å². The zero-order chi connectivity index (χ0) is 11.0. The van der Waals surface area contributed by atoms with Gasteiger partial charge in [0, 0.05) is 5.33 Å². The van der Waals surface area contributed by atoms with E-state index in [2.05, 4.69) is 60.8 Å². The fourth-order valence-electron chi connectivity index (χ4n) is 1.31. The molecule has 0 amide bonds. The Morgan fingerprint density at radius 1 is 1.21 bits per heavy atom. The molecule has 76 valence electrons. The molecular weight excluding hydrogens is 236 g/mol. The van der Waals surface area contributed by atoms with Crippen molar-refractivity contribution in [3.05, 3.63) is 60.7 Å². The van der Waals surface area contributed by atoms with Gasteiger partial charge >= 0.3 is 0 Å². The van der Waals surface area contributed by atoms with E-state index in [9.17, 15) is 0 Å². The minimum atomic E-state index is 0.929. The lowest BCUT2D eigenvalue weighted by atomic mass is 10.1. The lowest BCUT2D eigenvalue weighted by Gasteiger charge is -2.02. The minimum absolute atomic E-state index is 0.929. The second kappa shape index (κ2) is 7.57. The van der Waals surface area contributed by atoms with Gasteiger partial charge in [-0.25, -0.2) is 0 Å². The summed E-state index contributed by atoms with van der Waals surface area (Å²) in [5, 5.41) is 0.929. The molecule has 0 atom stereocenters. The highest BCUT2D eigenvalue weighted by molar-refractivity contribution is 9.08. The van der Waals surface area contributed by atoms with Gasteiger partial charge in [0.05, 0.1) is 0 Å². The van der Waals surface area contributed by atoms with Gasteiger partial charge < -0.3 is 0 Å². The van der Waals surface area contributed by atoms with Gasteiger partial charge in [0.2, 0.25) is 0 Å². The lowest BCUT2D eigenvalue weighted by molar-refractivity contribution is 1.22. The number of halogens is 1. The average Bonchev–Trinajstić information content (AvgIpc) is 2.20. The third-order valence-electron chi connectivity index (χ3n) is 1.73. The standard InChI is InChI=1S/C11H13Br.C2H4/c1-3-4-10-5-9(2)6-11(7-10)8-12;1-2/h3,5-7H,1,4,8H2,2H3;1-2H2. The van der Waals surface area contributed by atoms with Crippen LogP contribution in [-0.2, 0) is 11.8 Å². The molecule has 1 aromatic carbocycles. The number of alkyl halides is 1. The molecule has 0 fully saturated rings. The molecule has 0 radical (unpaired) electrons. The Morgan fingerprint density at radius 3 is 2.29 bits per heavy atom. The van der Waals surface area contributed by atoms with Gasteiger partial charge in [0.25, 0.3) is 0 Å². The van der Waals surface area contributed by atoms with Crippen LogP contribution < -0.4 is 0 Å². The van der Waals surface area contributed by atoms with E-state index >= 15 is 0 Å². The molecule has 0 saturated heterocycles. The maximum atomic E-state index is 3.73. The van der Waals surface area contributed by atoms with E-state index < -0.39 is 0 Å². The number of hydrogen-bond donors (Lipinski definition) is 0. The van der Waals surface area contributed by atoms with Gasteiger partial charge in [-0.15, -0.1) is 19.7 Å². The minimum Gasteiger partial charge on any atom is -0.106 e. The summed E-state index contributed by atoms with van der Waals surface area (Å²) < 4.78 is 0. The third kappa shape index (κ3) is 4.43. The molecule has 0 aliphatic heterocycles. The van der Waals surface area contributed by atoms with Gasteiger partial charge in [-0.1, -0.05) is 45.8 Å². The Morgan fingerprint density at radius 2 is 1.79 bits per heavy atom. The summed E-state index contributed by atoms with van der Waals surface area (Å²) in [6.07, 6.45) is 2.90. The summed E-state index contributed by atoms with van der Waals surface area (Å²) in [5.41, 5.74) is 4.01. The van der Waals surface area contributed by atoms with Gasteiger partial charge in [-0.2, -0.15) is 0 Å². The van der Waals surface area contributed by atoms with Crippen molar-refractivity contribution in [3.8, 4) is 0 Å². The second-order valence-corrected chi connectivity index (χ2v) is 3.51. The molecule has 0 nitrogen and oxygen atoms in total. The molecule has 1 rings (SSSR count). The summed E-state index contributed by atoms with van der Waals surface area (Å²) in [4.78, 5) is 0. The lowest BCUT2D eigenvalue weighted by Crippen LogP contribution is -1.86. The van der Waals surface area contributed by atoms with Gasteiger partial charge in [0.1, 0.15) is 0 Å². The summed E-state index contributed by atoms with van der Waals surface area (Å²) in [6, 6.07) is 6.61. The summed E-state index contributed by atoms with van der Waals surface area (Å²) in [7, 11) is 0. The first-order valence-corrected chi connectivity index (χ1v) is 5.64. The van der Waals surface area contributed by atoms with Crippen LogP contribution in [-0.4, -0.2) is 0 Å². The highest BCUT2D eigenvalue weighted by atomic mass is 79.9. The van der Waals surface area contributed by atoms with Gasteiger partial charge in [-0.05, 0) is 24.5 Å². The molecule has 1 aromatic rings. The highest BCUT2D eigenvalue weighted by Crippen LogP contribution is 2.13. The maximum absolute atomic E-state index is 3.73. The molecule has 0 aliphatic carbocycles. The molecule has 0 N–H and O–H groups in total. The summed E-state index contributed by atoms with van der Waals surface area (Å²) >= 11 is 3.45. The van der Waals surface area contributed by atoms with Gasteiger partial charge in [-0.3, -0.25) is 0 Å². The van der Waals surface area contributed by atoms with Crippen molar-refractivity contribution in [2.24, 2.45) is 0 Å². The summed E-state index contributed by atoms with van der Waals surface area (Å²) in [6.45, 7) is 11.9. The Bertz CT molecular complexity index is 289. The molecule has 0 aliphatic rings. The van der Waals surface area contributed by atoms with Crippen molar-refractivity contribution < 1.29 is 0 Å². The summed E-state index contributed by atoms with van der Waals surface area (Å²) in [5.74, 6) is 0. The third-order valence-corrected chi connectivity index (χ3v) is 2.38. The molecular formula is C13H17Br. The van der Waals surface area contributed by atoms with Crippen molar-refractivity contribution in [3.63, 3.8) is 0 Å². The van der Waals surface area contributed by atoms with Crippen molar-refractivity contribution in [2.45, 2.75) is 18.7 Å². The van der Waals surface area contributed by atoms with Crippen molar-refractivity contribution >= 4 is 15.9 Å². The predicted octanol–water partition coefficient (Wildman–Crippen LogP) is 4.42. The van der Waals surface area contributed by atoms with Gasteiger partial charge in [0.15, 0.2) is 0 Å². The van der Waals surface area contributed by atoms with Crippen LogP contribution in [0.25, 0.3) is 0 Å². The first kappa shape index (κ1) is 13.2. The van der Waals surface area contributed by atoms with Crippen LogP contribution in [0.15, 0.2) is 44.0 Å². The molecule has 0 bridgehead atoms. The highest BCUT2D eigenvalue weighted by Gasteiger charge is 1.95. The Kier molecular flexibility index (Phi) is 7.13. The molecule has 0 saturated carbocycles. The molecule has 1 heteroatoms. The average molecular weight is 253 g/mol. The van der Waals surface area contributed by atoms with E-state index in [1.807, 2.05) is 6.08 Å².